The third-order valence-corrected chi connectivity index (χ3v) is 8.88. The van der Waals surface area contributed by atoms with Crippen molar-refractivity contribution in [3.8, 4) is 0 Å². The van der Waals surface area contributed by atoms with E-state index in [1.807, 2.05) is 0 Å². The lowest BCUT2D eigenvalue weighted by molar-refractivity contribution is -0.131. The molecule has 1 saturated heterocycles. The molecule has 192 valence electrons. The fraction of sp³-hybridized carbons (Fsp3) is 0.679. The molecule has 0 N–H and O–H groups in total. The summed E-state index contributed by atoms with van der Waals surface area (Å²) in [4.78, 5) is 46.0. The summed E-state index contributed by atoms with van der Waals surface area (Å²) in [5, 5.41) is 0. The van der Waals surface area contributed by atoms with Gasteiger partial charge in [-0.25, -0.2) is 4.79 Å². The van der Waals surface area contributed by atoms with Gasteiger partial charge in [0.15, 0.2) is 5.78 Å². The molecule has 0 unspecified atom stereocenters. The average Bonchev–Trinajstić information content (AvgIpc) is 3.05. The smallest absolute Gasteiger partial charge is 0.321 e. The van der Waals surface area contributed by atoms with Crippen molar-refractivity contribution in [2.75, 3.05) is 47.8 Å². The predicted octanol–water partition coefficient (Wildman–Crippen LogP) is 3.73. The lowest BCUT2D eigenvalue weighted by Gasteiger charge is -2.51. The molecule has 7 heteroatoms. The van der Waals surface area contributed by atoms with Crippen LogP contribution in [0.25, 0.3) is 0 Å². The van der Waals surface area contributed by atoms with E-state index in [9.17, 15) is 14.4 Å². The average molecular weight is 483 g/mol. The van der Waals surface area contributed by atoms with Gasteiger partial charge in [0.25, 0.3) is 0 Å². The second-order valence-electron chi connectivity index (χ2n) is 11.4. The van der Waals surface area contributed by atoms with E-state index < -0.39 is 0 Å². The Morgan fingerprint density at radius 2 is 1.63 bits per heavy atom. The highest BCUT2D eigenvalue weighted by atomic mass is 16.2. The van der Waals surface area contributed by atoms with Crippen LogP contribution in [0, 0.1) is 5.92 Å². The highest BCUT2D eigenvalue weighted by Gasteiger charge is 2.55. The van der Waals surface area contributed by atoms with Crippen LogP contribution in [0.4, 0.5) is 4.79 Å². The van der Waals surface area contributed by atoms with Gasteiger partial charge >= 0.3 is 6.03 Å². The van der Waals surface area contributed by atoms with E-state index in [-0.39, 0.29) is 48.2 Å². The summed E-state index contributed by atoms with van der Waals surface area (Å²) in [6.45, 7) is 1.53. The molecular weight excluding hydrogens is 440 g/mol. The van der Waals surface area contributed by atoms with Gasteiger partial charge in [-0.15, -0.1) is 0 Å². The van der Waals surface area contributed by atoms with Gasteiger partial charge in [0.1, 0.15) is 0 Å². The van der Waals surface area contributed by atoms with Crippen LogP contribution in [0.2, 0.25) is 0 Å². The maximum atomic E-state index is 13.6. The number of hydrogen-bond acceptors (Lipinski definition) is 4. The Hall–Kier alpha value is -2.41. The first-order chi connectivity index (χ1) is 16.7. The zero-order valence-corrected chi connectivity index (χ0v) is 22.0. The van der Waals surface area contributed by atoms with Crippen molar-refractivity contribution in [3.63, 3.8) is 0 Å². The van der Waals surface area contributed by atoms with Crippen LogP contribution in [0.15, 0.2) is 30.3 Å². The van der Waals surface area contributed by atoms with E-state index in [0.717, 1.165) is 32.2 Å². The van der Waals surface area contributed by atoms with E-state index in [1.54, 1.807) is 19.0 Å². The Morgan fingerprint density at radius 1 is 0.971 bits per heavy atom. The zero-order chi connectivity index (χ0) is 25.2. The molecule has 0 radical (unpaired) electrons. The van der Waals surface area contributed by atoms with Gasteiger partial charge in [-0.2, -0.15) is 0 Å². The number of urea groups is 1. The van der Waals surface area contributed by atoms with Crippen LogP contribution in [0.3, 0.4) is 0 Å². The molecule has 1 aromatic rings. The van der Waals surface area contributed by atoms with Crippen molar-refractivity contribution < 1.29 is 14.4 Å². The van der Waals surface area contributed by atoms with Crippen LogP contribution in [0.1, 0.15) is 63.4 Å². The Bertz CT molecular complexity index is 917. The van der Waals surface area contributed by atoms with Crippen LogP contribution in [0.5, 0.6) is 0 Å². The fourth-order valence-corrected chi connectivity index (χ4v) is 6.27. The number of carbonyl (C=O) groups is 3. The summed E-state index contributed by atoms with van der Waals surface area (Å²) in [7, 11) is 7.73. The molecule has 1 heterocycles. The minimum Gasteiger partial charge on any atom is -0.349 e. The van der Waals surface area contributed by atoms with Gasteiger partial charge in [0.2, 0.25) is 5.91 Å². The highest BCUT2D eigenvalue weighted by molar-refractivity contribution is 5.89. The number of nitrogens with zero attached hydrogens (tertiary/aromatic N) is 4. The first kappa shape index (κ1) is 25.7. The summed E-state index contributed by atoms with van der Waals surface area (Å²) >= 11 is 0. The maximum absolute atomic E-state index is 13.6. The molecule has 3 amide bonds. The molecule has 0 bridgehead atoms. The first-order valence-corrected chi connectivity index (χ1v) is 13.2. The lowest BCUT2D eigenvalue weighted by atomic mass is 9.68. The number of ketones is 1. The van der Waals surface area contributed by atoms with Gasteiger partial charge in [-0.1, -0.05) is 36.8 Å². The molecule has 35 heavy (non-hydrogen) atoms. The molecule has 7 nitrogen and oxygen atoms in total. The molecule has 3 aliphatic rings. The fourth-order valence-electron chi connectivity index (χ4n) is 6.27. The standard InChI is InChI=1S/C28H42N4O3/c1-29(2)25(34)14-13-24(33)20-31-21-27(32(26(31)35)19-22-9-8-10-22)15-17-28(18-16-27,30(3)4)23-11-6-5-7-12-23/h5-7,11-12,22H,8-10,13-21H2,1-4H3. The molecular formula is C28H42N4O3. The number of Topliss-reactive ketones (excluding diaryl/α,β-unsaturated/α-hetero) is 1. The summed E-state index contributed by atoms with van der Waals surface area (Å²) < 4.78 is 0. The summed E-state index contributed by atoms with van der Waals surface area (Å²) in [6.07, 6.45) is 7.86. The molecule has 0 atom stereocenters. The molecule has 4 rings (SSSR count). The molecule has 1 aliphatic heterocycles. The second kappa shape index (κ2) is 10.3. The molecule has 1 spiro atoms. The largest absolute Gasteiger partial charge is 0.349 e. The second-order valence-corrected chi connectivity index (χ2v) is 11.4. The topological polar surface area (TPSA) is 64.2 Å². The van der Waals surface area contributed by atoms with Crippen LogP contribution in [-0.4, -0.2) is 90.7 Å². The SMILES string of the molecule is CN(C)C(=O)CCC(=O)CN1CC2(CCC(c3ccccc3)(N(C)C)CC2)N(CC2CCC2)C1=O. The van der Waals surface area contributed by atoms with Gasteiger partial charge in [-0.05, 0) is 64.1 Å². The predicted molar refractivity (Wildman–Crippen MR) is 137 cm³/mol. The summed E-state index contributed by atoms with van der Waals surface area (Å²) in [5.74, 6) is 0.498. The Labute approximate surface area is 210 Å². The number of carbonyl (C=O) groups excluding carboxylic acids is 3. The molecule has 3 fully saturated rings. The van der Waals surface area contributed by atoms with E-state index in [4.69, 9.17) is 0 Å². The third kappa shape index (κ3) is 5.11. The molecule has 1 aromatic carbocycles. The highest BCUT2D eigenvalue weighted by Crippen LogP contribution is 2.49. The van der Waals surface area contributed by atoms with Crippen LogP contribution in [-0.2, 0) is 15.1 Å². The van der Waals surface area contributed by atoms with E-state index in [2.05, 4.69) is 54.2 Å². The van der Waals surface area contributed by atoms with Crippen molar-refractivity contribution >= 4 is 17.7 Å². The van der Waals surface area contributed by atoms with E-state index in [1.165, 1.54) is 29.7 Å². The number of benzene rings is 1. The number of rotatable bonds is 9. The Morgan fingerprint density at radius 3 is 2.17 bits per heavy atom. The minimum atomic E-state index is -0.208. The molecule has 2 aliphatic carbocycles. The van der Waals surface area contributed by atoms with Crippen LogP contribution >= 0.6 is 0 Å². The van der Waals surface area contributed by atoms with Gasteiger partial charge in [0, 0.05) is 45.6 Å². The molecule has 2 saturated carbocycles. The third-order valence-electron chi connectivity index (χ3n) is 8.88. The number of hydrogen-bond donors (Lipinski definition) is 0. The van der Waals surface area contributed by atoms with Crippen molar-refractivity contribution in [2.45, 2.75) is 68.9 Å². The lowest BCUT2D eigenvalue weighted by Crippen LogP contribution is -2.56. The van der Waals surface area contributed by atoms with Gasteiger partial charge in [0.05, 0.1) is 12.1 Å². The van der Waals surface area contributed by atoms with E-state index >= 15 is 0 Å². The van der Waals surface area contributed by atoms with Crippen LogP contribution < -0.4 is 0 Å². The van der Waals surface area contributed by atoms with Crippen molar-refractivity contribution in [1.29, 1.82) is 0 Å². The first-order valence-electron chi connectivity index (χ1n) is 13.2. The van der Waals surface area contributed by atoms with Gasteiger partial charge < -0.3 is 14.7 Å². The quantitative estimate of drug-likeness (QED) is 0.538. The van der Waals surface area contributed by atoms with E-state index in [0.29, 0.717) is 12.5 Å². The van der Waals surface area contributed by atoms with Crippen molar-refractivity contribution in [1.82, 2.24) is 19.6 Å². The van der Waals surface area contributed by atoms with Crippen molar-refractivity contribution in [3.05, 3.63) is 35.9 Å². The van der Waals surface area contributed by atoms with Gasteiger partial charge in [-0.3, -0.25) is 14.5 Å². The summed E-state index contributed by atoms with van der Waals surface area (Å²) in [6, 6.07) is 10.8. The number of amides is 3. The monoisotopic (exact) mass is 482 g/mol. The minimum absolute atomic E-state index is 0.0150. The zero-order valence-electron chi connectivity index (χ0n) is 22.0. The Balaban J connectivity index is 1.50. The Kier molecular flexibility index (Phi) is 7.55. The summed E-state index contributed by atoms with van der Waals surface area (Å²) in [5.41, 5.74) is 1.10. The maximum Gasteiger partial charge on any atom is 0.321 e. The van der Waals surface area contributed by atoms with Crippen molar-refractivity contribution in [2.24, 2.45) is 5.92 Å². The molecule has 0 aromatic heterocycles. The normalized spacial score (nSPS) is 26.9.